The average Bonchev–Trinajstić information content (AvgIpc) is 3.02. The van der Waals surface area contributed by atoms with Crippen LogP contribution in [0.4, 0.5) is 0 Å². The van der Waals surface area contributed by atoms with Crippen LogP contribution in [0.1, 0.15) is 102 Å². The van der Waals surface area contributed by atoms with Crippen LogP contribution in [0.2, 0.25) is 0 Å². The minimum Gasteiger partial charge on any atom is -0.497 e. The largest absolute Gasteiger partial charge is 0.497 e. The van der Waals surface area contributed by atoms with E-state index in [1.165, 1.54) is 36.7 Å². The summed E-state index contributed by atoms with van der Waals surface area (Å²) in [5.41, 5.74) is 0.942. The maximum Gasteiger partial charge on any atom is 0.313 e. The number of carbonyl (C=O) groups is 1. The molecule has 43 heavy (non-hydrogen) atoms. The summed E-state index contributed by atoms with van der Waals surface area (Å²) in [5.74, 6) is 0.268. The number of nitrogens with zero attached hydrogens (tertiary/aromatic N) is 3. The van der Waals surface area contributed by atoms with Gasteiger partial charge >= 0.3 is 5.97 Å². The van der Waals surface area contributed by atoms with Crippen LogP contribution in [0.3, 0.4) is 0 Å². The van der Waals surface area contributed by atoms with Crippen molar-refractivity contribution >= 4 is 40.6 Å². The lowest BCUT2D eigenvalue weighted by molar-refractivity contribution is -0.145. The number of methoxy groups -OCH3 is 1. The predicted octanol–water partition coefficient (Wildman–Crippen LogP) is 9.20. The Balaban J connectivity index is 1.28. The van der Waals surface area contributed by atoms with E-state index >= 15 is 0 Å². The zero-order chi connectivity index (χ0) is 30.5. The van der Waals surface area contributed by atoms with Gasteiger partial charge in [0.25, 0.3) is 0 Å². The Kier molecular flexibility index (Phi) is 13.2. The molecular weight excluding hydrogens is 583 g/mol. The van der Waals surface area contributed by atoms with Gasteiger partial charge in [-0.2, -0.15) is 0 Å². The van der Waals surface area contributed by atoms with E-state index in [1.807, 2.05) is 43.3 Å². The number of rotatable bonds is 17. The lowest BCUT2D eigenvalue weighted by Crippen LogP contribution is -2.48. The van der Waals surface area contributed by atoms with E-state index in [4.69, 9.17) is 9.47 Å². The monoisotopic (exact) mass is 629 g/mol. The van der Waals surface area contributed by atoms with E-state index in [0.29, 0.717) is 6.61 Å². The molecule has 0 bridgehead atoms. The van der Waals surface area contributed by atoms with Crippen LogP contribution < -0.4 is 4.74 Å². The lowest BCUT2D eigenvalue weighted by Gasteiger charge is -2.43. The number of nitroso groups, excluding NO2 is 2. The van der Waals surface area contributed by atoms with Gasteiger partial charge in [0.1, 0.15) is 5.75 Å². The fourth-order valence-electron chi connectivity index (χ4n) is 6.82. The van der Waals surface area contributed by atoms with Crippen LogP contribution in [0.25, 0.3) is 10.8 Å². The van der Waals surface area contributed by atoms with Gasteiger partial charge in [0.05, 0.1) is 29.1 Å². The normalized spacial score (nSPS) is 18.7. The third-order valence-electron chi connectivity index (χ3n) is 9.30. The average molecular weight is 630 g/mol. The van der Waals surface area contributed by atoms with Crippen LogP contribution in [0, 0.1) is 9.81 Å². The molecule has 0 amide bonds. The van der Waals surface area contributed by atoms with Gasteiger partial charge in [-0.05, 0) is 86.9 Å². The van der Waals surface area contributed by atoms with Gasteiger partial charge in [0, 0.05) is 46.1 Å². The first-order valence-electron chi connectivity index (χ1n) is 15.9. The fraction of sp³-hybridized carbons (Fsp3) is 0.667. The van der Waals surface area contributed by atoms with E-state index < -0.39 is 0 Å². The Labute approximate surface area is 265 Å². The second kappa shape index (κ2) is 16.8. The van der Waals surface area contributed by atoms with E-state index in [-0.39, 0.29) is 21.4 Å². The SMILES string of the molecule is COc1ccc2cc([C@H](C)C(=O)OCCCCCN(CC3(SN=O)CCCCC3)CC3(SN=O)CCCCC3)ccc2c1. The smallest absolute Gasteiger partial charge is 0.313 e. The van der Waals surface area contributed by atoms with Gasteiger partial charge in [0.2, 0.25) is 0 Å². The first-order valence-corrected chi connectivity index (χ1v) is 17.4. The summed E-state index contributed by atoms with van der Waals surface area (Å²) < 4.78 is 17.3. The Morgan fingerprint density at radius 3 is 2.00 bits per heavy atom. The lowest BCUT2D eigenvalue weighted by atomic mass is 9.85. The van der Waals surface area contributed by atoms with E-state index in [0.717, 1.165) is 112 Å². The highest BCUT2D eigenvalue weighted by Gasteiger charge is 2.40. The van der Waals surface area contributed by atoms with Crippen molar-refractivity contribution in [1.82, 2.24) is 4.90 Å². The van der Waals surface area contributed by atoms with Crippen LogP contribution >= 0.6 is 23.9 Å². The Morgan fingerprint density at radius 1 is 0.837 bits per heavy atom. The Morgan fingerprint density at radius 2 is 1.42 bits per heavy atom. The maximum absolute atomic E-state index is 12.8. The molecule has 2 aliphatic rings. The summed E-state index contributed by atoms with van der Waals surface area (Å²) in [4.78, 5) is 38.1. The number of unbranched alkanes of at least 4 members (excludes halogenated alkanes) is 2. The van der Waals surface area contributed by atoms with Crippen molar-refractivity contribution in [3.8, 4) is 5.75 Å². The van der Waals surface area contributed by atoms with Crippen LogP contribution in [0.15, 0.2) is 45.6 Å². The molecule has 1 atom stereocenters. The molecule has 0 aromatic heterocycles. The highest BCUT2D eigenvalue weighted by atomic mass is 32.2. The number of esters is 1. The summed E-state index contributed by atoms with van der Waals surface area (Å²) in [6.45, 7) is 4.81. The summed E-state index contributed by atoms with van der Waals surface area (Å²) in [7, 11) is 1.66. The first kappa shape index (κ1) is 33.7. The van der Waals surface area contributed by atoms with Crippen LogP contribution in [-0.2, 0) is 9.53 Å². The van der Waals surface area contributed by atoms with Gasteiger partial charge in [-0.3, -0.25) is 4.79 Å². The molecule has 0 radical (unpaired) electrons. The van der Waals surface area contributed by atoms with Crippen molar-refractivity contribution in [3.63, 3.8) is 0 Å². The van der Waals surface area contributed by atoms with Gasteiger partial charge in [-0.25, -0.2) is 0 Å². The summed E-state index contributed by atoms with van der Waals surface area (Å²) in [6.07, 6.45) is 13.7. The van der Waals surface area contributed by atoms with Crippen molar-refractivity contribution in [2.45, 2.75) is 106 Å². The van der Waals surface area contributed by atoms with Crippen LogP contribution in [0.5, 0.6) is 5.75 Å². The summed E-state index contributed by atoms with van der Waals surface area (Å²) in [6, 6.07) is 12.0. The van der Waals surface area contributed by atoms with Crippen molar-refractivity contribution in [2.75, 3.05) is 33.4 Å². The second-order valence-electron chi connectivity index (χ2n) is 12.5. The molecule has 2 saturated carbocycles. The fourth-order valence-corrected chi connectivity index (χ4v) is 8.56. The highest BCUT2D eigenvalue weighted by molar-refractivity contribution is 7.99. The number of hydrogen-bond donors (Lipinski definition) is 0. The van der Waals surface area contributed by atoms with Crippen molar-refractivity contribution in [3.05, 3.63) is 51.8 Å². The van der Waals surface area contributed by atoms with E-state index in [2.05, 4.69) is 14.1 Å². The first-order chi connectivity index (χ1) is 20.9. The quantitative estimate of drug-likeness (QED) is 0.0739. The molecule has 0 unspecified atom stereocenters. The number of hydrogen-bond acceptors (Lipinski definition) is 10. The number of carbonyl (C=O) groups excluding carboxylic acids is 1. The third-order valence-corrected chi connectivity index (χ3v) is 11.3. The predicted molar refractivity (Wildman–Crippen MR) is 179 cm³/mol. The van der Waals surface area contributed by atoms with Crippen LogP contribution in [-0.4, -0.2) is 53.7 Å². The molecule has 0 N–H and O–H groups in total. The zero-order valence-corrected chi connectivity index (χ0v) is 27.4. The summed E-state index contributed by atoms with van der Waals surface area (Å²) >= 11 is 2.46. The number of ether oxygens (including phenoxy) is 2. The third kappa shape index (κ3) is 9.66. The minimum absolute atomic E-state index is 0.143. The molecule has 236 valence electrons. The van der Waals surface area contributed by atoms with Gasteiger partial charge in [-0.15, -0.1) is 9.81 Å². The van der Waals surface area contributed by atoms with Gasteiger partial charge in [0.15, 0.2) is 0 Å². The van der Waals surface area contributed by atoms with Gasteiger partial charge < -0.3 is 14.4 Å². The molecule has 4 rings (SSSR count). The second-order valence-corrected chi connectivity index (χ2v) is 14.8. The molecular formula is C33H47N3O5S2. The standard InChI is InChI=1S/C33H47N3O5S2/c1-26(27-12-13-29-23-30(40-2)15-14-28(29)22-27)31(37)41-21-11-5-10-20-36(24-32(42-34-38)16-6-3-7-17-32)25-33(43-35-39)18-8-4-9-19-33/h12-15,22-23,26H,3-11,16-21,24-25H2,1-2H3/t26-/m0/s1. The number of fused-ring (bicyclic) bond motifs is 1. The maximum atomic E-state index is 12.8. The Bertz CT molecular complexity index is 1170. The van der Waals surface area contributed by atoms with Gasteiger partial charge in [-0.1, -0.05) is 62.8 Å². The highest BCUT2D eigenvalue weighted by Crippen LogP contribution is 2.44. The molecule has 2 aromatic carbocycles. The van der Waals surface area contributed by atoms with E-state index in [9.17, 15) is 14.6 Å². The molecule has 0 heterocycles. The molecule has 0 saturated heterocycles. The molecule has 10 heteroatoms. The van der Waals surface area contributed by atoms with Crippen molar-refractivity contribution < 1.29 is 14.3 Å². The Hall–Kier alpha value is -2.17. The van der Waals surface area contributed by atoms with Crippen molar-refractivity contribution in [1.29, 1.82) is 0 Å². The minimum atomic E-state index is -0.340. The molecule has 2 fully saturated rings. The molecule has 0 spiro atoms. The zero-order valence-electron chi connectivity index (χ0n) is 25.8. The molecule has 8 nitrogen and oxygen atoms in total. The molecule has 0 aliphatic heterocycles. The molecule has 2 aromatic rings. The number of benzene rings is 2. The van der Waals surface area contributed by atoms with E-state index in [1.54, 1.807) is 7.11 Å². The molecule has 2 aliphatic carbocycles. The van der Waals surface area contributed by atoms with Crippen molar-refractivity contribution in [2.24, 2.45) is 9.16 Å². The topological polar surface area (TPSA) is 97.6 Å². The summed E-state index contributed by atoms with van der Waals surface area (Å²) in [5, 5.41) is 2.14.